The lowest BCUT2D eigenvalue weighted by molar-refractivity contribution is -0.137. The lowest BCUT2D eigenvalue weighted by Gasteiger charge is -2.12. The van der Waals surface area contributed by atoms with Crippen LogP contribution in [0.3, 0.4) is 0 Å². The second kappa shape index (κ2) is 7.75. The van der Waals surface area contributed by atoms with Crippen molar-refractivity contribution in [3.8, 4) is 17.0 Å². The van der Waals surface area contributed by atoms with Crippen molar-refractivity contribution in [2.75, 3.05) is 12.4 Å². The molecular formula is C20H18F3N3O2. The van der Waals surface area contributed by atoms with Crippen molar-refractivity contribution in [2.45, 2.75) is 19.5 Å². The van der Waals surface area contributed by atoms with Crippen LogP contribution in [0.15, 0.2) is 48.5 Å². The summed E-state index contributed by atoms with van der Waals surface area (Å²) >= 11 is 0. The lowest BCUT2D eigenvalue weighted by Crippen LogP contribution is -2.14. The minimum Gasteiger partial charge on any atom is -0.496 e. The third-order valence-electron chi connectivity index (χ3n) is 4.25. The number of ether oxygens (including phenoxy) is 1. The SMILES string of the molecule is CCc1[nH]nc(-c2cccc(C(F)(F)F)c2)c1NC(=O)c1ccccc1OC. The maximum atomic E-state index is 13.1. The summed E-state index contributed by atoms with van der Waals surface area (Å²) in [5.41, 5.74) is 0.969. The second-order valence-corrected chi connectivity index (χ2v) is 6.01. The zero-order valence-electron chi connectivity index (χ0n) is 15.2. The summed E-state index contributed by atoms with van der Waals surface area (Å²) in [4.78, 5) is 12.8. The molecule has 3 rings (SSSR count). The Bertz CT molecular complexity index is 996. The standard InChI is InChI=1S/C20H18F3N3O2/c1-3-15-18(24-19(27)14-9-4-5-10-16(14)28-2)17(26-25-15)12-7-6-8-13(11-12)20(21,22)23/h4-11H,3H2,1-2H3,(H,24,27)(H,25,26). The highest BCUT2D eigenvalue weighted by Crippen LogP contribution is 2.35. The number of carbonyl (C=O) groups excluding carboxylic acids is 1. The van der Waals surface area contributed by atoms with Gasteiger partial charge in [0.2, 0.25) is 0 Å². The number of carbonyl (C=O) groups is 1. The molecule has 0 aliphatic carbocycles. The van der Waals surface area contributed by atoms with Crippen LogP contribution in [0.4, 0.5) is 18.9 Å². The highest BCUT2D eigenvalue weighted by Gasteiger charge is 2.31. The van der Waals surface area contributed by atoms with Gasteiger partial charge in [-0.1, -0.05) is 31.2 Å². The van der Waals surface area contributed by atoms with Gasteiger partial charge in [-0.25, -0.2) is 0 Å². The van der Waals surface area contributed by atoms with Crippen LogP contribution in [0.1, 0.15) is 28.5 Å². The lowest BCUT2D eigenvalue weighted by atomic mass is 10.1. The summed E-state index contributed by atoms with van der Waals surface area (Å²) in [7, 11) is 1.45. The molecule has 8 heteroatoms. The maximum Gasteiger partial charge on any atom is 0.416 e. The van der Waals surface area contributed by atoms with E-state index in [-0.39, 0.29) is 11.3 Å². The fraction of sp³-hybridized carbons (Fsp3) is 0.200. The number of aromatic nitrogens is 2. The molecule has 0 saturated heterocycles. The third kappa shape index (κ3) is 3.85. The fourth-order valence-corrected chi connectivity index (χ4v) is 2.83. The number of rotatable bonds is 5. The topological polar surface area (TPSA) is 67.0 Å². The van der Waals surface area contributed by atoms with Gasteiger partial charge in [0.05, 0.1) is 29.6 Å². The number of aryl methyl sites for hydroxylation is 1. The molecule has 1 heterocycles. The first-order chi connectivity index (χ1) is 13.3. The minimum atomic E-state index is -4.47. The van der Waals surface area contributed by atoms with E-state index in [2.05, 4.69) is 15.5 Å². The van der Waals surface area contributed by atoms with Crippen LogP contribution in [0.5, 0.6) is 5.75 Å². The van der Waals surface area contributed by atoms with E-state index in [9.17, 15) is 18.0 Å². The number of methoxy groups -OCH3 is 1. The van der Waals surface area contributed by atoms with Crippen LogP contribution in [0.2, 0.25) is 0 Å². The molecule has 1 aromatic heterocycles. The van der Waals surface area contributed by atoms with E-state index in [1.54, 1.807) is 24.3 Å². The number of anilines is 1. The van der Waals surface area contributed by atoms with Gasteiger partial charge in [-0.05, 0) is 30.7 Å². The van der Waals surface area contributed by atoms with Gasteiger partial charge < -0.3 is 10.1 Å². The predicted octanol–water partition coefficient (Wildman–Crippen LogP) is 4.92. The van der Waals surface area contributed by atoms with Crippen molar-refractivity contribution < 1.29 is 22.7 Å². The number of hydrogen-bond donors (Lipinski definition) is 2. The summed E-state index contributed by atoms with van der Waals surface area (Å²) < 4.78 is 44.4. The predicted molar refractivity (Wildman–Crippen MR) is 99.4 cm³/mol. The van der Waals surface area contributed by atoms with Crippen molar-refractivity contribution in [1.82, 2.24) is 10.2 Å². The molecule has 0 unspecified atom stereocenters. The van der Waals surface area contributed by atoms with E-state index in [0.717, 1.165) is 12.1 Å². The molecule has 3 aromatic rings. The van der Waals surface area contributed by atoms with E-state index in [1.807, 2.05) is 6.92 Å². The van der Waals surface area contributed by atoms with Crippen LogP contribution in [-0.2, 0) is 12.6 Å². The van der Waals surface area contributed by atoms with E-state index in [0.29, 0.717) is 29.1 Å². The number of para-hydroxylation sites is 1. The number of H-pyrrole nitrogens is 1. The Hall–Kier alpha value is -3.29. The molecular weight excluding hydrogens is 371 g/mol. The quantitative estimate of drug-likeness (QED) is 0.651. The number of amides is 1. The molecule has 2 aromatic carbocycles. The Labute approximate surface area is 159 Å². The van der Waals surface area contributed by atoms with Crippen LogP contribution in [0.25, 0.3) is 11.3 Å². The summed E-state index contributed by atoms with van der Waals surface area (Å²) in [5.74, 6) is -0.0519. The number of nitrogens with one attached hydrogen (secondary N) is 2. The van der Waals surface area contributed by atoms with Gasteiger partial charge >= 0.3 is 6.18 Å². The third-order valence-corrected chi connectivity index (χ3v) is 4.25. The van der Waals surface area contributed by atoms with Gasteiger partial charge in [-0.3, -0.25) is 9.89 Å². The Morgan fingerprint density at radius 3 is 2.61 bits per heavy atom. The average molecular weight is 389 g/mol. The summed E-state index contributed by atoms with van der Waals surface area (Å²) in [6.45, 7) is 1.85. The van der Waals surface area contributed by atoms with Gasteiger partial charge in [-0.15, -0.1) is 0 Å². The normalized spacial score (nSPS) is 11.3. The van der Waals surface area contributed by atoms with Crippen molar-refractivity contribution in [3.63, 3.8) is 0 Å². The van der Waals surface area contributed by atoms with Gasteiger partial charge in [0, 0.05) is 5.56 Å². The smallest absolute Gasteiger partial charge is 0.416 e. The Morgan fingerprint density at radius 1 is 1.18 bits per heavy atom. The summed E-state index contributed by atoms with van der Waals surface area (Å²) in [6.07, 6.45) is -3.96. The maximum absolute atomic E-state index is 13.1. The van der Waals surface area contributed by atoms with E-state index in [1.165, 1.54) is 19.2 Å². The van der Waals surface area contributed by atoms with Crippen molar-refractivity contribution >= 4 is 11.6 Å². The molecule has 0 aliphatic rings. The molecule has 5 nitrogen and oxygen atoms in total. The number of nitrogens with zero attached hydrogens (tertiary/aromatic N) is 1. The zero-order valence-corrected chi connectivity index (χ0v) is 15.2. The number of halogens is 3. The Balaban J connectivity index is 2.01. The molecule has 0 spiro atoms. The molecule has 0 aliphatic heterocycles. The largest absolute Gasteiger partial charge is 0.496 e. The van der Waals surface area contributed by atoms with Crippen molar-refractivity contribution in [1.29, 1.82) is 0 Å². The summed E-state index contributed by atoms with van der Waals surface area (Å²) in [6, 6.07) is 11.5. The molecule has 0 fully saturated rings. The van der Waals surface area contributed by atoms with Crippen LogP contribution >= 0.6 is 0 Å². The molecule has 0 atom stereocenters. The van der Waals surface area contributed by atoms with Crippen molar-refractivity contribution in [3.05, 3.63) is 65.4 Å². The number of alkyl halides is 3. The van der Waals surface area contributed by atoms with Gasteiger partial charge in [-0.2, -0.15) is 18.3 Å². The van der Waals surface area contributed by atoms with E-state index >= 15 is 0 Å². The Morgan fingerprint density at radius 2 is 1.93 bits per heavy atom. The first kappa shape index (κ1) is 19.5. The molecule has 146 valence electrons. The Kier molecular flexibility index (Phi) is 5.39. The first-order valence-electron chi connectivity index (χ1n) is 8.54. The van der Waals surface area contributed by atoms with Crippen molar-refractivity contribution in [2.24, 2.45) is 0 Å². The first-order valence-corrected chi connectivity index (χ1v) is 8.54. The van der Waals surface area contributed by atoms with Gasteiger partial charge in [0.1, 0.15) is 11.4 Å². The summed E-state index contributed by atoms with van der Waals surface area (Å²) in [5, 5.41) is 9.68. The van der Waals surface area contributed by atoms with Gasteiger partial charge in [0.25, 0.3) is 5.91 Å². The number of benzene rings is 2. The second-order valence-electron chi connectivity index (χ2n) is 6.01. The fourth-order valence-electron chi connectivity index (χ4n) is 2.83. The van der Waals surface area contributed by atoms with Crippen LogP contribution in [0, 0.1) is 0 Å². The highest BCUT2D eigenvalue weighted by molar-refractivity contribution is 6.08. The minimum absolute atomic E-state index is 0.242. The van der Waals surface area contributed by atoms with E-state index in [4.69, 9.17) is 4.74 Å². The van der Waals surface area contributed by atoms with E-state index < -0.39 is 17.6 Å². The monoisotopic (exact) mass is 389 g/mol. The van der Waals surface area contributed by atoms with Crippen LogP contribution < -0.4 is 10.1 Å². The molecule has 1 amide bonds. The molecule has 28 heavy (non-hydrogen) atoms. The number of hydrogen-bond acceptors (Lipinski definition) is 3. The van der Waals surface area contributed by atoms with Gasteiger partial charge in [0.15, 0.2) is 0 Å². The average Bonchev–Trinajstić information content (AvgIpc) is 3.09. The molecule has 0 bridgehead atoms. The molecule has 2 N–H and O–H groups in total. The molecule has 0 radical (unpaired) electrons. The number of aromatic amines is 1. The van der Waals surface area contributed by atoms with Crippen LogP contribution in [-0.4, -0.2) is 23.2 Å². The zero-order chi connectivity index (χ0) is 20.3. The highest BCUT2D eigenvalue weighted by atomic mass is 19.4. The molecule has 0 saturated carbocycles.